The molecule has 5 rings (SSSR count). The van der Waals surface area contributed by atoms with E-state index < -0.39 is 5.82 Å². The van der Waals surface area contributed by atoms with Crippen molar-refractivity contribution in [2.75, 3.05) is 0 Å². The van der Waals surface area contributed by atoms with Crippen LogP contribution in [0.3, 0.4) is 0 Å². The van der Waals surface area contributed by atoms with Gasteiger partial charge in [0.05, 0.1) is 21.7 Å². The quantitative estimate of drug-likeness (QED) is 0.423. The Hall–Kier alpha value is -3.45. The van der Waals surface area contributed by atoms with Crippen molar-refractivity contribution in [2.24, 2.45) is 0 Å². The first-order valence-electron chi connectivity index (χ1n) is 8.86. The number of nitrogens with one attached hydrogen (secondary N) is 2. The average molecular weight is 409 g/mol. The molecule has 0 saturated carbocycles. The second-order valence-corrected chi connectivity index (χ2v) is 7.25. The molecule has 6 nitrogen and oxygen atoms in total. The number of halogens is 2. The number of fused-ring (bicyclic) bond motifs is 2. The summed E-state index contributed by atoms with van der Waals surface area (Å²) in [6, 6.07) is 8.45. The van der Waals surface area contributed by atoms with Crippen molar-refractivity contribution in [1.82, 2.24) is 20.1 Å². The van der Waals surface area contributed by atoms with Crippen LogP contribution in [-0.2, 0) is 0 Å². The fourth-order valence-corrected chi connectivity index (χ4v) is 4.07. The number of aryl methyl sites for hydroxylation is 2. The van der Waals surface area contributed by atoms with Crippen LogP contribution in [0, 0.1) is 19.7 Å². The molecule has 29 heavy (non-hydrogen) atoms. The van der Waals surface area contributed by atoms with Crippen molar-refractivity contribution in [3.8, 4) is 22.3 Å². The molecule has 0 aliphatic rings. The third kappa shape index (κ3) is 2.66. The molecular weight excluding hydrogens is 395 g/mol. The predicted octanol–water partition coefficient (Wildman–Crippen LogP) is 5.14. The highest BCUT2D eigenvalue weighted by atomic mass is 35.5. The van der Waals surface area contributed by atoms with Crippen molar-refractivity contribution in [3.05, 3.63) is 69.3 Å². The minimum Gasteiger partial charge on any atom is -0.361 e. The van der Waals surface area contributed by atoms with Crippen molar-refractivity contribution in [1.29, 1.82) is 0 Å². The van der Waals surface area contributed by atoms with Gasteiger partial charge in [0.2, 0.25) is 0 Å². The molecule has 2 N–H and O–H groups in total. The Morgan fingerprint density at radius 2 is 1.97 bits per heavy atom. The van der Waals surface area contributed by atoms with Crippen LogP contribution >= 0.6 is 11.6 Å². The first-order valence-corrected chi connectivity index (χ1v) is 9.24. The molecule has 0 unspecified atom stereocenters. The van der Waals surface area contributed by atoms with Crippen molar-refractivity contribution < 1.29 is 8.91 Å². The van der Waals surface area contributed by atoms with Gasteiger partial charge in [0.25, 0.3) is 0 Å². The molecule has 3 aromatic heterocycles. The highest BCUT2D eigenvalue weighted by Crippen LogP contribution is 2.40. The number of para-hydroxylation sites is 1. The first-order chi connectivity index (χ1) is 13.9. The van der Waals surface area contributed by atoms with Crippen molar-refractivity contribution in [3.63, 3.8) is 0 Å². The van der Waals surface area contributed by atoms with E-state index in [2.05, 4.69) is 20.1 Å². The van der Waals surface area contributed by atoms with E-state index in [0.717, 1.165) is 16.8 Å². The van der Waals surface area contributed by atoms with Crippen LogP contribution in [0.5, 0.6) is 0 Å². The minimum atomic E-state index is -0.443. The fourth-order valence-electron chi connectivity index (χ4n) is 3.82. The molecule has 8 heteroatoms. The number of hydrogen-bond donors (Lipinski definition) is 2. The van der Waals surface area contributed by atoms with Gasteiger partial charge in [-0.15, -0.1) is 0 Å². The van der Waals surface area contributed by atoms with E-state index >= 15 is 0 Å². The summed E-state index contributed by atoms with van der Waals surface area (Å²) in [5, 5.41) is 4.92. The number of rotatable bonds is 2. The zero-order valence-corrected chi connectivity index (χ0v) is 16.2. The predicted molar refractivity (Wildman–Crippen MR) is 110 cm³/mol. The smallest absolute Gasteiger partial charge is 0.323 e. The summed E-state index contributed by atoms with van der Waals surface area (Å²) in [5.74, 6) is 0.212. The zero-order chi connectivity index (χ0) is 20.3. The normalized spacial score (nSPS) is 11.6. The Morgan fingerprint density at radius 1 is 1.14 bits per heavy atom. The Balaban J connectivity index is 1.94. The van der Waals surface area contributed by atoms with Crippen LogP contribution < -0.4 is 5.69 Å². The highest BCUT2D eigenvalue weighted by Gasteiger charge is 2.20. The third-order valence-corrected chi connectivity index (χ3v) is 5.30. The summed E-state index contributed by atoms with van der Waals surface area (Å²) >= 11 is 6.52. The lowest BCUT2D eigenvalue weighted by Gasteiger charge is -2.12. The van der Waals surface area contributed by atoms with Crippen LogP contribution in [0.15, 0.2) is 45.8 Å². The maximum Gasteiger partial charge on any atom is 0.323 e. The molecule has 0 saturated heterocycles. The van der Waals surface area contributed by atoms with Gasteiger partial charge in [-0.1, -0.05) is 28.9 Å². The topological polar surface area (TPSA) is 87.6 Å². The van der Waals surface area contributed by atoms with Gasteiger partial charge in [0.15, 0.2) is 0 Å². The van der Waals surface area contributed by atoms with Crippen LogP contribution in [0.25, 0.3) is 44.2 Å². The van der Waals surface area contributed by atoms with E-state index in [1.807, 2.05) is 26.0 Å². The number of hydrogen-bond acceptors (Lipinski definition) is 4. The number of aromatic nitrogens is 4. The minimum absolute atomic E-state index is 0.209. The van der Waals surface area contributed by atoms with E-state index in [0.29, 0.717) is 38.3 Å². The second kappa shape index (κ2) is 6.28. The van der Waals surface area contributed by atoms with Crippen LogP contribution in [0.2, 0.25) is 5.02 Å². The number of H-pyrrole nitrogens is 2. The Bertz CT molecular complexity index is 1460. The number of nitrogens with zero attached hydrogens (tertiary/aromatic N) is 2. The van der Waals surface area contributed by atoms with E-state index in [1.165, 1.54) is 12.3 Å². The highest BCUT2D eigenvalue weighted by molar-refractivity contribution is 6.35. The molecule has 3 heterocycles. The summed E-state index contributed by atoms with van der Waals surface area (Å²) in [7, 11) is 0. The Labute approximate surface area is 168 Å². The van der Waals surface area contributed by atoms with Crippen molar-refractivity contribution >= 4 is 33.5 Å². The number of imidazole rings is 1. The average Bonchev–Trinajstić information content (AvgIpc) is 3.22. The van der Waals surface area contributed by atoms with Gasteiger partial charge < -0.3 is 14.5 Å². The Kier molecular flexibility index (Phi) is 3.82. The van der Waals surface area contributed by atoms with Gasteiger partial charge in [-0.2, -0.15) is 0 Å². The molecule has 0 amide bonds. The summed E-state index contributed by atoms with van der Waals surface area (Å²) in [4.78, 5) is 21.8. The monoisotopic (exact) mass is 408 g/mol. The van der Waals surface area contributed by atoms with Gasteiger partial charge in [0, 0.05) is 28.3 Å². The van der Waals surface area contributed by atoms with E-state index in [4.69, 9.17) is 16.1 Å². The molecule has 0 aliphatic carbocycles. The number of aromatic amines is 2. The lowest BCUT2D eigenvalue weighted by molar-refractivity contribution is 0.393. The van der Waals surface area contributed by atoms with Crippen molar-refractivity contribution in [2.45, 2.75) is 13.8 Å². The number of benzene rings is 2. The zero-order valence-electron chi connectivity index (χ0n) is 15.4. The van der Waals surface area contributed by atoms with Gasteiger partial charge >= 0.3 is 5.69 Å². The molecule has 0 atom stereocenters. The third-order valence-electron chi connectivity index (χ3n) is 5.02. The molecule has 0 spiro atoms. The molecule has 2 aromatic carbocycles. The van der Waals surface area contributed by atoms with E-state index in [1.54, 1.807) is 12.1 Å². The second-order valence-electron chi connectivity index (χ2n) is 6.84. The van der Waals surface area contributed by atoms with Crippen LogP contribution in [0.1, 0.15) is 11.5 Å². The Morgan fingerprint density at radius 3 is 2.72 bits per heavy atom. The van der Waals surface area contributed by atoms with Crippen LogP contribution in [0.4, 0.5) is 4.39 Å². The van der Waals surface area contributed by atoms with Gasteiger partial charge in [0.1, 0.15) is 17.1 Å². The van der Waals surface area contributed by atoms with Crippen LogP contribution in [-0.4, -0.2) is 20.1 Å². The van der Waals surface area contributed by atoms with E-state index in [9.17, 15) is 9.18 Å². The molecule has 0 aliphatic heterocycles. The molecule has 144 valence electrons. The maximum absolute atomic E-state index is 14.3. The largest absolute Gasteiger partial charge is 0.361 e. The maximum atomic E-state index is 14.3. The molecular formula is C21H14ClFN4O2. The molecule has 0 radical (unpaired) electrons. The standard InChI is InChI=1S/C21H14ClFN4O2/c1-9-17(10(2)29-27-9)11-6-13(20-16(7-11)25-21(28)26-20)18-12-4-3-5-15(23)19(12)24-8-14(18)22/h3-8H,1-2H3,(H2,25,26,28). The number of pyridine rings is 1. The lowest BCUT2D eigenvalue weighted by atomic mass is 9.94. The summed E-state index contributed by atoms with van der Waals surface area (Å²) < 4.78 is 19.7. The molecule has 0 fully saturated rings. The van der Waals surface area contributed by atoms with Gasteiger partial charge in [-0.3, -0.25) is 4.98 Å². The SMILES string of the molecule is Cc1noc(C)c1-c1cc(-c2c(Cl)cnc3c(F)cccc23)c2[nH]c(=O)[nH]c2c1. The summed E-state index contributed by atoms with van der Waals surface area (Å²) in [6.45, 7) is 3.67. The fraction of sp³-hybridized carbons (Fsp3) is 0.0952. The summed E-state index contributed by atoms with van der Waals surface area (Å²) in [5.41, 5.74) is 4.63. The molecule has 0 bridgehead atoms. The summed E-state index contributed by atoms with van der Waals surface area (Å²) in [6.07, 6.45) is 1.42. The van der Waals surface area contributed by atoms with Gasteiger partial charge in [-0.05, 0) is 37.6 Å². The van der Waals surface area contributed by atoms with E-state index in [-0.39, 0.29) is 11.2 Å². The molecule has 5 aromatic rings. The lowest BCUT2D eigenvalue weighted by Crippen LogP contribution is -1.99. The first kappa shape index (κ1) is 17.6. The van der Waals surface area contributed by atoms with Gasteiger partial charge in [-0.25, -0.2) is 9.18 Å².